The van der Waals surface area contributed by atoms with Crippen LogP contribution >= 0.6 is 15.9 Å². The fraction of sp³-hybridized carbons (Fsp3) is 0.400. The molecule has 1 aromatic heterocycles. The Bertz CT molecular complexity index is 628. The molecule has 1 unspecified atom stereocenters. The quantitative estimate of drug-likeness (QED) is 0.459. The van der Waals surface area contributed by atoms with Crippen LogP contribution in [0, 0.1) is 16.0 Å². The average molecular weight is 337 g/mol. The number of aromatic nitrogens is 1. The summed E-state index contributed by atoms with van der Waals surface area (Å²) in [5.74, 6) is 0.641. The number of halogens is 1. The second-order valence-electron chi connectivity index (χ2n) is 5.37. The third-order valence-electron chi connectivity index (χ3n) is 3.10. The van der Waals surface area contributed by atoms with E-state index in [4.69, 9.17) is 0 Å². The molecule has 0 radical (unpaired) electrons. The van der Waals surface area contributed by atoms with E-state index in [1.807, 2.05) is 12.1 Å². The van der Waals surface area contributed by atoms with Gasteiger partial charge in [0.2, 0.25) is 0 Å². The third kappa shape index (κ3) is 3.76. The van der Waals surface area contributed by atoms with Gasteiger partial charge >= 0.3 is 0 Å². The first kappa shape index (κ1) is 14.9. The fourth-order valence-corrected chi connectivity index (χ4v) is 3.28. The third-order valence-corrected chi connectivity index (χ3v) is 3.80. The molecule has 0 fully saturated rings. The number of hydrogen-bond donors (Lipinski definition) is 0. The van der Waals surface area contributed by atoms with E-state index in [2.05, 4.69) is 34.8 Å². The predicted octanol–water partition coefficient (Wildman–Crippen LogP) is 4.50. The van der Waals surface area contributed by atoms with Crippen molar-refractivity contribution in [3.8, 4) is 0 Å². The number of fused-ring (bicyclic) bond motifs is 1. The molecule has 0 aliphatic rings. The summed E-state index contributed by atoms with van der Waals surface area (Å²) in [6.07, 6.45) is 1.96. The number of nitrogens with zero attached hydrogens (tertiary/aromatic N) is 2. The van der Waals surface area contributed by atoms with Gasteiger partial charge in [-0.3, -0.25) is 15.1 Å². The Morgan fingerprint density at radius 1 is 1.30 bits per heavy atom. The van der Waals surface area contributed by atoms with Crippen molar-refractivity contribution in [1.82, 2.24) is 4.98 Å². The van der Waals surface area contributed by atoms with Crippen molar-refractivity contribution in [2.75, 3.05) is 0 Å². The van der Waals surface area contributed by atoms with Gasteiger partial charge in [-0.05, 0) is 24.5 Å². The zero-order valence-corrected chi connectivity index (χ0v) is 13.1. The lowest BCUT2D eigenvalue weighted by Crippen LogP contribution is -2.07. The Morgan fingerprint density at radius 3 is 2.70 bits per heavy atom. The molecule has 1 atom stereocenters. The van der Waals surface area contributed by atoms with Gasteiger partial charge in [-0.25, -0.2) is 0 Å². The first-order chi connectivity index (χ1) is 9.45. The van der Waals surface area contributed by atoms with Gasteiger partial charge in [-0.1, -0.05) is 35.8 Å². The van der Waals surface area contributed by atoms with E-state index in [-0.39, 0.29) is 10.6 Å². The van der Waals surface area contributed by atoms with Crippen LogP contribution in [0.1, 0.15) is 26.0 Å². The maximum Gasteiger partial charge on any atom is 0.270 e. The van der Waals surface area contributed by atoms with Gasteiger partial charge in [0, 0.05) is 34.5 Å². The molecular formula is C15H17BrN2O2. The Hall–Kier alpha value is -1.49. The van der Waals surface area contributed by atoms with E-state index < -0.39 is 0 Å². The summed E-state index contributed by atoms with van der Waals surface area (Å²) >= 11 is 3.68. The molecule has 106 valence electrons. The van der Waals surface area contributed by atoms with Crippen molar-refractivity contribution in [3.05, 3.63) is 46.1 Å². The number of nitro groups is 1. The lowest BCUT2D eigenvalue weighted by atomic mass is 10.0. The molecule has 4 nitrogen and oxygen atoms in total. The van der Waals surface area contributed by atoms with Gasteiger partial charge < -0.3 is 0 Å². The summed E-state index contributed by atoms with van der Waals surface area (Å²) in [5.41, 5.74) is 1.91. The van der Waals surface area contributed by atoms with Crippen LogP contribution in [0.15, 0.2) is 30.3 Å². The Morgan fingerprint density at radius 2 is 2.05 bits per heavy atom. The summed E-state index contributed by atoms with van der Waals surface area (Å²) < 4.78 is 0. The smallest absolute Gasteiger partial charge is 0.258 e. The Labute approximate surface area is 126 Å². The lowest BCUT2D eigenvalue weighted by Gasteiger charge is -2.12. The van der Waals surface area contributed by atoms with Gasteiger partial charge in [0.15, 0.2) is 0 Å². The molecule has 0 amide bonds. The van der Waals surface area contributed by atoms with Crippen molar-refractivity contribution in [2.24, 2.45) is 5.92 Å². The second-order valence-corrected chi connectivity index (χ2v) is 6.66. The highest BCUT2D eigenvalue weighted by Crippen LogP contribution is 2.22. The van der Waals surface area contributed by atoms with Crippen LogP contribution in [0.5, 0.6) is 0 Å². The molecule has 2 rings (SSSR count). The summed E-state index contributed by atoms with van der Waals surface area (Å²) in [5, 5.41) is 11.5. The van der Waals surface area contributed by atoms with Crippen molar-refractivity contribution in [2.45, 2.75) is 31.5 Å². The first-order valence-corrected chi connectivity index (χ1v) is 7.55. The number of pyridine rings is 1. The Balaban J connectivity index is 2.21. The minimum atomic E-state index is -0.384. The van der Waals surface area contributed by atoms with Gasteiger partial charge in [0.05, 0.1) is 10.4 Å². The van der Waals surface area contributed by atoms with E-state index in [1.54, 1.807) is 12.1 Å². The van der Waals surface area contributed by atoms with Crippen LogP contribution in [0.4, 0.5) is 5.69 Å². The highest BCUT2D eigenvalue weighted by Gasteiger charge is 2.11. The van der Waals surface area contributed by atoms with Crippen molar-refractivity contribution in [1.29, 1.82) is 0 Å². The molecule has 0 bridgehead atoms. The van der Waals surface area contributed by atoms with E-state index in [0.717, 1.165) is 29.4 Å². The van der Waals surface area contributed by atoms with E-state index in [0.29, 0.717) is 10.7 Å². The van der Waals surface area contributed by atoms with Crippen molar-refractivity contribution in [3.63, 3.8) is 0 Å². The summed E-state index contributed by atoms with van der Waals surface area (Å²) in [7, 11) is 0. The lowest BCUT2D eigenvalue weighted by molar-refractivity contribution is -0.384. The Kier molecular flexibility index (Phi) is 4.70. The SMILES string of the molecule is CC(C)CC(Br)Cc1ccc2cc([N+](=O)[O-])ccc2n1. The minimum Gasteiger partial charge on any atom is -0.258 e. The van der Waals surface area contributed by atoms with Crippen LogP contribution in [-0.4, -0.2) is 14.7 Å². The number of alkyl halides is 1. The number of hydrogen-bond acceptors (Lipinski definition) is 3. The van der Waals surface area contributed by atoms with E-state index >= 15 is 0 Å². The number of nitro benzene ring substituents is 1. The maximum absolute atomic E-state index is 10.7. The molecule has 0 aliphatic carbocycles. The number of rotatable bonds is 5. The van der Waals surface area contributed by atoms with Crippen LogP contribution < -0.4 is 0 Å². The van der Waals surface area contributed by atoms with Crippen LogP contribution in [0.25, 0.3) is 10.9 Å². The van der Waals surface area contributed by atoms with Crippen molar-refractivity contribution >= 4 is 32.5 Å². The van der Waals surface area contributed by atoms with Gasteiger partial charge in [0.25, 0.3) is 5.69 Å². The van der Waals surface area contributed by atoms with Gasteiger partial charge in [-0.15, -0.1) is 0 Å². The molecule has 0 saturated carbocycles. The predicted molar refractivity (Wildman–Crippen MR) is 84.3 cm³/mol. The monoisotopic (exact) mass is 336 g/mol. The van der Waals surface area contributed by atoms with E-state index in [9.17, 15) is 10.1 Å². The zero-order chi connectivity index (χ0) is 14.7. The maximum atomic E-state index is 10.7. The number of benzene rings is 1. The highest BCUT2D eigenvalue weighted by atomic mass is 79.9. The summed E-state index contributed by atoms with van der Waals surface area (Å²) in [6.45, 7) is 4.39. The van der Waals surface area contributed by atoms with Gasteiger partial charge in [0.1, 0.15) is 0 Å². The number of non-ortho nitro benzene ring substituents is 1. The van der Waals surface area contributed by atoms with Crippen LogP contribution in [-0.2, 0) is 6.42 Å². The van der Waals surface area contributed by atoms with Gasteiger partial charge in [-0.2, -0.15) is 0 Å². The zero-order valence-electron chi connectivity index (χ0n) is 11.5. The fourth-order valence-electron chi connectivity index (χ4n) is 2.20. The standard InChI is InChI=1S/C15H17BrN2O2/c1-10(2)7-12(16)9-13-4-3-11-8-14(18(19)20)5-6-15(11)17-13/h3-6,8,10,12H,7,9H2,1-2H3. The largest absolute Gasteiger partial charge is 0.270 e. The summed E-state index contributed by atoms with van der Waals surface area (Å²) in [6, 6.07) is 8.62. The van der Waals surface area contributed by atoms with Crippen LogP contribution in [0.2, 0.25) is 0 Å². The minimum absolute atomic E-state index is 0.102. The van der Waals surface area contributed by atoms with Crippen molar-refractivity contribution < 1.29 is 4.92 Å². The van der Waals surface area contributed by atoms with Crippen LogP contribution in [0.3, 0.4) is 0 Å². The second kappa shape index (κ2) is 6.31. The molecule has 5 heteroatoms. The average Bonchev–Trinajstić information content (AvgIpc) is 2.36. The molecule has 0 saturated heterocycles. The van der Waals surface area contributed by atoms with E-state index in [1.165, 1.54) is 6.07 Å². The molecule has 0 aliphatic heterocycles. The normalized spacial score (nSPS) is 12.8. The molecule has 1 aromatic carbocycles. The summed E-state index contributed by atoms with van der Waals surface area (Å²) in [4.78, 5) is 15.3. The molecule has 20 heavy (non-hydrogen) atoms. The molecule has 0 N–H and O–H groups in total. The molecule has 2 aromatic rings. The molecular weight excluding hydrogens is 320 g/mol. The first-order valence-electron chi connectivity index (χ1n) is 6.64. The molecule has 0 spiro atoms. The molecule has 1 heterocycles. The topological polar surface area (TPSA) is 56.0 Å². The highest BCUT2D eigenvalue weighted by molar-refractivity contribution is 9.09.